The Morgan fingerprint density at radius 2 is 2.00 bits per heavy atom. The molecule has 3 rings (SSSR count). The summed E-state index contributed by atoms with van der Waals surface area (Å²) in [5, 5.41) is 14.4. The number of ether oxygens (including phenoxy) is 1. The van der Waals surface area contributed by atoms with Gasteiger partial charge in [-0.2, -0.15) is 5.26 Å². The molecule has 1 aliphatic carbocycles. The highest BCUT2D eigenvalue weighted by Crippen LogP contribution is 2.35. The van der Waals surface area contributed by atoms with Gasteiger partial charge in [0.05, 0.1) is 11.3 Å². The van der Waals surface area contributed by atoms with E-state index in [4.69, 9.17) is 10.00 Å². The molecule has 1 aromatic carbocycles. The monoisotopic (exact) mass is 412 g/mol. The Balaban J connectivity index is 1.44. The number of nitrogens with one attached hydrogen (secondary N) is 2. The first-order valence-corrected chi connectivity index (χ1v) is 10.00. The summed E-state index contributed by atoms with van der Waals surface area (Å²) in [7, 11) is 0. The number of nitriles is 1. The fourth-order valence-corrected chi connectivity index (χ4v) is 3.81. The topological polar surface area (TPSA) is 129 Å². The molecule has 1 atom stereocenters. The number of carbonyl (C=O) groups excluding carboxylic acids is 4. The van der Waals surface area contributed by atoms with E-state index in [9.17, 15) is 19.2 Å². The standard InChI is InChI=1S/C21H24N4O5/c1-14(18(27)23-16-8-3-2-7-15(16)13-22)30-17(26)9-6-12-25-19(28)21(24-20(25)29)10-4-5-11-21/h2-3,7-8,14H,4-6,9-12H2,1H3,(H,23,27)(H,24,29)/t14-/m0/s1. The molecule has 0 unspecified atom stereocenters. The van der Waals surface area contributed by atoms with Crippen molar-refractivity contribution in [3.8, 4) is 6.07 Å². The van der Waals surface area contributed by atoms with Crippen molar-refractivity contribution in [2.45, 2.75) is 57.1 Å². The first-order chi connectivity index (χ1) is 14.4. The molecule has 2 aliphatic rings. The van der Waals surface area contributed by atoms with Gasteiger partial charge < -0.3 is 15.4 Å². The predicted molar refractivity (Wildman–Crippen MR) is 106 cm³/mol. The number of hydrogen-bond acceptors (Lipinski definition) is 6. The molecule has 1 saturated heterocycles. The molecule has 2 N–H and O–H groups in total. The van der Waals surface area contributed by atoms with E-state index in [1.165, 1.54) is 6.92 Å². The zero-order chi connectivity index (χ0) is 21.7. The van der Waals surface area contributed by atoms with Crippen LogP contribution in [0.25, 0.3) is 0 Å². The number of benzene rings is 1. The highest BCUT2D eigenvalue weighted by Gasteiger charge is 2.52. The summed E-state index contributed by atoms with van der Waals surface area (Å²) in [5.74, 6) is -1.38. The number of esters is 1. The molecule has 4 amide bonds. The Morgan fingerprint density at radius 1 is 1.30 bits per heavy atom. The maximum absolute atomic E-state index is 12.6. The molecule has 1 spiro atoms. The number of rotatable bonds is 7. The van der Waals surface area contributed by atoms with Crippen molar-refractivity contribution in [2.75, 3.05) is 11.9 Å². The molecule has 1 heterocycles. The van der Waals surface area contributed by atoms with Crippen LogP contribution in [0.15, 0.2) is 24.3 Å². The SMILES string of the molecule is C[C@H](OC(=O)CCCN1C(=O)NC2(CCCC2)C1=O)C(=O)Nc1ccccc1C#N. The molecule has 0 bridgehead atoms. The maximum Gasteiger partial charge on any atom is 0.325 e. The summed E-state index contributed by atoms with van der Waals surface area (Å²) in [4.78, 5) is 50.1. The molecule has 9 heteroatoms. The van der Waals surface area contributed by atoms with Crippen LogP contribution < -0.4 is 10.6 Å². The zero-order valence-electron chi connectivity index (χ0n) is 16.8. The summed E-state index contributed by atoms with van der Waals surface area (Å²) >= 11 is 0. The highest BCUT2D eigenvalue weighted by molar-refractivity contribution is 6.07. The van der Waals surface area contributed by atoms with Gasteiger partial charge in [0.25, 0.3) is 11.8 Å². The van der Waals surface area contributed by atoms with E-state index in [0.29, 0.717) is 24.1 Å². The quantitative estimate of drug-likeness (QED) is 0.521. The van der Waals surface area contributed by atoms with Crippen molar-refractivity contribution in [1.29, 1.82) is 5.26 Å². The van der Waals surface area contributed by atoms with Crippen LogP contribution in [0.1, 0.15) is 51.0 Å². The van der Waals surface area contributed by atoms with E-state index >= 15 is 0 Å². The lowest BCUT2D eigenvalue weighted by molar-refractivity contribution is -0.153. The number of carbonyl (C=O) groups is 4. The Hall–Kier alpha value is -3.41. The molecule has 9 nitrogen and oxygen atoms in total. The van der Waals surface area contributed by atoms with E-state index < -0.39 is 29.6 Å². The predicted octanol–water partition coefficient (Wildman–Crippen LogP) is 2.07. The molecule has 0 radical (unpaired) electrons. The second-order valence-corrected chi connectivity index (χ2v) is 7.56. The van der Waals surface area contributed by atoms with Crippen molar-refractivity contribution < 1.29 is 23.9 Å². The molecule has 1 aliphatic heterocycles. The molecule has 1 saturated carbocycles. The lowest BCUT2D eigenvalue weighted by atomic mass is 9.98. The third kappa shape index (κ3) is 4.43. The molecule has 30 heavy (non-hydrogen) atoms. The fourth-order valence-electron chi connectivity index (χ4n) is 3.81. The normalized spacial score (nSPS) is 18.1. The van der Waals surface area contributed by atoms with Crippen LogP contribution in [-0.4, -0.2) is 46.9 Å². The van der Waals surface area contributed by atoms with E-state index in [-0.39, 0.29) is 25.3 Å². The second-order valence-electron chi connectivity index (χ2n) is 7.56. The first kappa shape index (κ1) is 21.3. The van der Waals surface area contributed by atoms with Crippen LogP contribution >= 0.6 is 0 Å². The zero-order valence-corrected chi connectivity index (χ0v) is 16.8. The van der Waals surface area contributed by atoms with Gasteiger partial charge in [-0.3, -0.25) is 19.3 Å². The van der Waals surface area contributed by atoms with Gasteiger partial charge in [-0.25, -0.2) is 4.79 Å². The molecular formula is C21H24N4O5. The van der Waals surface area contributed by atoms with Crippen LogP contribution in [0.3, 0.4) is 0 Å². The summed E-state index contributed by atoms with van der Waals surface area (Å²) in [6.07, 6.45) is 2.28. The van der Waals surface area contributed by atoms with Crippen molar-refractivity contribution in [3.05, 3.63) is 29.8 Å². The van der Waals surface area contributed by atoms with Gasteiger partial charge in [0.15, 0.2) is 6.10 Å². The van der Waals surface area contributed by atoms with Gasteiger partial charge in [-0.1, -0.05) is 25.0 Å². The highest BCUT2D eigenvalue weighted by atomic mass is 16.5. The number of imide groups is 1. The van der Waals surface area contributed by atoms with E-state index in [2.05, 4.69) is 10.6 Å². The molecule has 158 valence electrons. The number of amides is 4. The van der Waals surface area contributed by atoms with Crippen molar-refractivity contribution in [3.63, 3.8) is 0 Å². The van der Waals surface area contributed by atoms with Crippen LogP contribution in [0.2, 0.25) is 0 Å². The third-order valence-electron chi connectivity index (χ3n) is 5.45. The van der Waals surface area contributed by atoms with Gasteiger partial charge in [-0.05, 0) is 38.3 Å². The summed E-state index contributed by atoms with van der Waals surface area (Å²) in [5.41, 5.74) is -0.116. The van der Waals surface area contributed by atoms with E-state index in [1.807, 2.05) is 6.07 Å². The average Bonchev–Trinajstić information content (AvgIpc) is 3.28. The Bertz CT molecular complexity index is 901. The molecule has 0 aromatic heterocycles. The number of anilines is 1. The molecular weight excluding hydrogens is 388 g/mol. The largest absolute Gasteiger partial charge is 0.453 e. The van der Waals surface area contributed by atoms with E-state index in [0.717, 1.165) is 17.7 Å². The number of nitrogens with zero attached hydrogens (tertiary/aromatic N) is 2. The number of hydrogen-bond donors (Lipinski definition) is 2. The van der Waals surface area contributed by atoms with Crippen molar-refractivity contribution >= 4 is 29.5 Å². The van der Waals surface area contributed by atoms with E-state index in [1.54, 1.807) is 24.3 Å². The Morgan fingerprint density at radius 3 is 2.70 bits per heavy atom. The average molecular weight is 412 g/mol. The van der Waals surface area contributed by atoms with Gasteiger partial charge in [0.1, 0.15) is 11.6 Å². The fraction of sp³-hybridized carbons (Fsp3) is 0.476. The lowest BCUT2D eigenvalue weighted by Crippen LogP contribution is -2.44. The Labute approximate surface area is 174 Å². The number of para-hydroxylation sites is 1. The van der Waals surface area contributed by atoms with Crippen LogP contribution in [0, 0.1) is 11.3 Å². The van der Waals surface area contributed by atoms with Gasteiger partial charge in [0.2, 0.25) is 0 Å². The van der Waals surface area contributed by atoms with Crippen molar-refractivity contribution in [2.24, 2.45) is 0 Å². The van der Waals surface area contributed by atoms with Crippen molar-refractivity contribution in [1.82, 2.24) is 10.2 Å². The minimum Gasteiger partial charge on any atom is -0.453 e. The van der Waals surface area contributed by atoms with Crippen LogP contribution in [0.5, 0.6) is 0 Å². The molecule has 1 aromatic rings. The summed E-state index contributed by atoms with van der Waals surface area (Å²) in [6.45, 7) is 1.56. The summed E-state index contributed by atoms with van der Waals surface area (Å²) in [6, 6.07) is 8.06. The maximum atomic E-state index is 12.6. The second kappa shape index (κ2) is 8.95. The number of urea groups is 1. The van der Waals surface area contributed by atoms with Crippen LogP contribution in [0.4, 0.5) is 10.5 Å². The Kier molecular flexibility index (Phi) is 6.35. The van der Waals surface area contributed by atoms with Crippen LogP contribution in [-0.2, 0) is 19.1 Å². The minimum absolute atomic E-state index is 0.0313. The van der Waals surface area contributed by atoms with Gasteiger partial charge in [0, 0.05) is 13.0 Å². The van der Waals surface area contributed by atoms with Gasteiger partial charge >= 0.3 is 12.0 Å². The first-order valence-electron chi connectivity index (χ1n) is 10.00. The summed E-state index contributed by atoms with van der Waals surface area (Å²) < 4.78 is 5.13. The molecule has 2 fully saturated rings. The minimum atomic E-state index is -1.05. The third-order valence-corrected chi connectivity index (χ3v) is 5.45. The lowest BCUT2D eigenvalue weighted by Gasteiger charge is -2.20. The smallest absolute Gasteiger partial charge is 0.325 e. The van der Waals surface area contributed by atoms with Gasteiger partial charge in [-0.15, -0.1) is 0 Å².